The second kappa shape index (κ2) is 8.42. The summed E-state index contributed by atoms with van der Waals surface area (Å²) >= 11 is 7.48. The van der Waals surface area contributed by atoms with E-state index in [2.05, 4.69) is 17.2 Å². The fourth-order valence-corrected chi connectivity index (χ4v) is 4.52. The molecule has 0 spiro atoms. The first-order valence-electron chi connectivity index (χ1n) is 9.59. The smallest absolute Gasteiger partial charge is 0.263 e. The number of nitrogens with zero attached hydrogens (tertiary/aromatic N) is 2. The highest BCUT2D eigenvalue weighted by molar-refractivity contribution is 7.19. The minimum absolute atomic E-state index is 0.105. The van der Waals surface area contributed by atoms with Crippen molar-refractivity contribution in [3.8, 4) is 11.1 Å². The number of carbonyl (C=O) groups is 1. The second-order valence-electron chi connectivity index (χ2n) is 7.00. The maximum Gasteiger partial charge on any atom is 0.263 e. The molecule has 2 aromatic carbocycles. The van der Waals surface area contributed by atoms with Crippen LogP contribution < -0.4 is 10.9 Å². The summed E-state index contributed by atoms with van der Waals surface area (Å²) in [6, 6.07) is 15.0. The van der Waals surface area contributed by atoms with E-state index in [-0.39, 0.29) is 18.0 Å². The van der Waals surface area contributed by atoms with E-state index in [9.17, 15) is 9.59 Å². The van der Waals surface area contributed by atoms with Crippen molar-refractivity contribution in [3.05, 3.63) is 80.7 Å². The van der Waals surface area contributed by atoms with Crippen molar-refractivity contribution in [2.24, 2.45) is 0 Å². The van der Waals surface area contributed by atoms with Gasteiger partial charge in [0.05, 0.1) is 11.7 Å². The molecule has 0 saturated heterocycles. The van der Waals surface area contributed by atoms with Gasteiger partial charge in [0.1, 0.15) is 11.4 Å². The minimum Gasteiger partial charge on any atom is -0.325 e. The number of halogens is 1. The Morgan fingerprint density at radius 1 is 1.13 bits per heavy atom. The summed E-state index contributed by atoms with van der Waals surface area (Å²) in [5.41, 5.74) is 3.41. The zero-order valence-corrected chi connectivity index (χ0v) is 18.2. The van der Waals surface area contributed by atoms with Crippen LogP contribution in [0.15, 0.2) is 59.7 Å². The van der Waals surface area contributed by atoms with Gasteiger partial charge in [0.2, 0.25) is 5.91 Å². The van der Waals surface area contributed by atoms with Gasteiger partial charge in [0, 0.05) is 21.2 Å². The van der Waals surface area contributed by atoms with Crippen LogP contribution in [0.2, 0.25) is 5.02 Å². The lowest BCUT2D eigenvalue weighted by molar-refractivity contribution is -0.116. The standard InChI is InChI=1S/C23H20ClN3O2S/c1-3-15-4-10-18(11-5-15)26-19(28)12-27-13-25-22-21(23(27)29)20(14(2)30-22)16-6-8-17(24)9-7-16/h4-11,13H,3,12H2,1-2H3,(H,26,28). The van der Waals surface area contributed by atoms with Gasteiger partial charge in [0.25, 0.3) is 5.56 Å². The summed E-state index contributed by atoms with van der Waals surface area (Å²) in [4.78, 5) is 31.8. The van der Waals surface area contributed by atoms with Crippen LogP contribution in [-0.2, 0) is 17.8 Å². The van der Waals surface area contributed by atoms with E-state index in [1.165, 1.54) is 27.8 Å². The molecule has 0 unspecified atom stereocenters. The normalized spacial score (nSPS) is 11.0. The molecule has 5 nitrogen and oxygen atoms in total. The molecule has 0 radical (unpaired) electrons. The molecule has 4 aromatic rings. The number of rotatable bonds is 5. The molecule has 0 aliphatic rings. The predicted octanol–water partition coefficient (Wildman–Crippen LogP) is 5.29. The van der Waals surface area contributed by atoms with Crippen LogP contribution in [0.4, 0.5) is 5.69 Å². The van der Waals surface area contributed by atoms with Gasteiger partial charge in [-0.15, -0.1) is 11.3 Å². The molecule has 0 saturated carbocycles. The molecule has 2 aromatic heterocycles. The SMILES string of the molecule is CCc1ccc(NC(=O)Cn2cnc3sc(C)c(-c4ccc(Cl)cc4)c3c2=O)cc1. The highest BCUT2D eigenvalue weighted by atomic mass is 35.5. The Morgan fingerprint density at radius 3 is 2.50 bits per heavy atom. The number of aromatic nitrogens is 2. The molecule has 30 heavy (non-hydrogen) atoms. The zero-order valence-electron chi connectivity index (χ0n) is 16.6. The third kappa shape index (κ3) is 4.01. The summed E-state index contributed by atoms with van der Waals surface area (Å²) < 4.78 is 1.35. The summed E-state index contributed by atoms with van der Waals surface area (Å²) in [5.74, 6) is -0.275. The molecule has 0 bridgehead atoms. The third-order valence-corrected chi connectivity index (χ3v) is 6.21. The number of benzene rings is 2. The molecular formula is C23H20ClN3O2S. The summed E-state index contributed by atoms with van der Waals surface area (Å²) in [5, 5.41) is 4.00. The summed E-state index contributed by atoms with van der Waals surface area (Å²) in [7, 11) is 0. The van der Waals surface area contributed by atoms with Crippen molar-refractivity contribution in [1.82, 2.24) is 9.55 Å². The van der Waals surface area contributed by atoms with Gasteiger partial charge in [-0.2, -0.15) is 0 Å². The molecule has 0 aliphatic carbocycles. The van der Waals surface area contributed by atoms with Gasteiger partial charge < -0.3 is 5.32 Å². The predicted molar refractivity (Wildman–Crippen MR) is 124 cm³/mol. The monoisotopic (exact) mass is 437 g/mol. The number of carbonyl (C=O) groups excluding carboxylic acids is 1. The van der Waals surface area contributed by atoms with Crippen LogP contribution in [0.5, 0.6) is 0 Å². The molecule has 4 rings (SSSR count). The van der Waals surface area contributed by atoms with Crippen molar-refractivity contribution >= 4 is 44.7 Å². The summed E-state index contributed by atoms with van der Waals surface area (Å²) in [6.07, 6.45) is 2.37. The zero-order chi connectivity index (χ0) is 21.3. The first-order valence-corrected chi connectivity index (χ1v) is 10.8. The number of hydrogen-bond donors (Lipinski definition) is 1. The number of aryl methyl sites for hydroxylation is 2. The van der Waals surface area contributed by atoms with Crippen LogP contribution in [0.1, 0.15) is 17.4 Å². The quantitative estimate of drug-likeness (QED) is 0.461. The van der Waals surface area contributed by atoms with Crippen molar-refractivity contribution in [3.63, 3.8) is 0 Å². The Morgan fingerprint density at radius 2 is 1.83 bits per heavy atom. The van der Waals surface area contributed by atoms with Gasteiger partial charge in [-0.05, 0) is 48.7 Å². The van der Waals surface area contributed by atoms with Gasteiger partial charge in [0.15, 0.2) is 0 Å². The van der Waals surface area contributed by atoms with Crippen LogP contribution in [-0.4, -0.2) is 15.5 Å². The van der Waals surface area contributed by atoms with E-state index in [1.807, 2.05) is 43.3 Å². The van der Waals surface area contributed by atoms with E-state index >= 15 is 0 Å². The molecule has 7 heteroatoms. The fourth-order valence-electron chi connectivity index (χ4n) is 3.39. The van der Waals surface area contributed by atoms with Gasteiger partial charge >= 0.3 is 0 Å². The van der Waals surface area contributed by atoms with E-state index in [1.54, 1.807) is 12.1 Å². The molecule has 1 amide bonds. The number of amides is 1. The largest absolute Gasteiger partial charge is 0.325 e. The number of anilines is 1. The number of nitrogens with one attached hydrogen (secondary N) is 1. The molecule has 0 atom stereocenters. The Kier molecular flexibility index (Phi) is 5.70. The highest BCUT2D eigenvalue weighted by Gasteiger charge is 2.18. The Hall–Kier alpha value is -2.96. The molecule has 1 N–H and O–H groups in total. The van der Waals surface area contributed by atoms with Crippen molar-refractivity contribution in [1.29, 1.82) is 0 Å². The molecular weight excluding hydrogens is 418 g/mol. The van der Waals surface area contributed by atoms with Crippen molar-refractivity contribution < 1.29 is 4.79 Å². The summed E-state index contributed by atoms with van der Waals surface area (Å²) in [6.45, 7) is 3.94. The number of fused-ring (bicyclic) bond motifs is 1. The average molecular weight is 438 g/mol. The van der Waals surface area contributed by atoms with E-state index in [0.29, 0.717) is 20.9 Å². The first-order chi connectivity index (χ1) is 14.5. The van der Waals surface area contributed by atoms with Gasteiger partial charge in [-0.25, -0.2) is 4.98 Å². The molecule has 152 valence electrons. The van der Waals surface area contributed by atoms with Crippen LogP contribution >= 0.6 is 22.9 Å². The van der Waals surface area contributed by atoms with Gasteiger partial charge in [-0.1, -0.05) is 42.8 Å². The van der Waals surface area contributed by atoms with Crippen LogP contribution in [0, 0.1) is 6.92 Å². The molecule has 0 fully saturated rings. The second-order valence-corrected chi connectivity index (χ2v) is 8.64. The third-order valence-electron chi connectivity index (χ3n) is 4.95. The number of hydrogen-bond acceptors (Lipinski definition) is 4. The lowest BCUT2D eigenvalue weighted by Gasteiger charge is -2.08. The Labute approximate surface area is 183 Å². The maximum absolute atomic E-state index is 13.2. The first kappa shape index (κ1) is 20.3. The van der Waals surface area contributed by atoms with Crippen molar-refractivity contribution in [2.75, 3.05) is 5.32 Å². The van der Waals surface area contributed by atoms with Crippen LogP contribution in [0.3, 0.4) is 0 Å². The minimum atomic E-state index is -0.275. The van der Waals surface area contributed by atoms with Gasteiger partial charge in [-0.3, -0.25) is 14.2 Å². The number of thiophene rings is 1. The Bertz CT molecular complexity index is 1280. The topological polar surface area (TPSA) is 64.0 Å². The maximum atomic E-state index is 13.2. The molecule has 2 heterocycles. The average Bonchev–Trinajstić information content (AvgIpc) is 3.08. The lowest BCUT2D eigenvalue weighted by atomic mass is 10.0. The van der Waals surface area contributed by atoms with E-state index < -0.39 is 0 Å². The molecule has 0 aliphatic heterocycles. The van der Waals surface area contributed by atoms with Crippen LogP contribution in [0.25, 0.3) is 21.3 Å². The lowest BCUT2D eigenvalue weighted by Crippen LogP contribution is -2.27. The van der Waals surface area contributed by atoms with Crippen molar-refractivity contribution in [2.45, 2.75) is 26.8 Å². The fraction of sp³-hybridized carbons (Fsp3) is 0.174. The van der Waals surface area contributed by atoms with E-state index in [0.717, 1.165) is 22.4 Å². The Balaban J connectivity index is 1.65. The van der Waals surface area contributed by atoms with E-state index in [4.69, 9.17) is 11.6 Å². The highest BCUT2D eigenvalue weighted by Crippen LogP contribution is 2.35.